The van der Waals surface area contributed by atoms with Crippen LogP contribution in [0, 0.1) is 0 Å². The van der Waals surface area contributed by atoms with Gasteiger partial charge in [-0.05, 0) is 24.1 Å². The summed E-state index contributed by atoms with van der Waals surface area (Å²) in [5.74, 6) is 1.72. The number of hydrogen-bond donors (Lipinski definition) is 1. The topological polar surface area (TPSA) is 49.8 Å². The van der Waals surface area contributed by atoms with Gasteiger partial charge < -0.3 is 15.0 Å². The maximum atomic E-state index is 5.19. The molecule has 2 aromatic rings. The zero-order valence-electron chi connectivity index (χ0n) is 14.2. The van der Waals surface area contributed by atoms with Gasteiger partial charge in [-0.3, -0.25) is 4.99 Å². The van der Waals surface area contributed by atoms with Crippen LogP contribution in [0.25, 0.3) is 0 Å². The molecule has 5 nitrogen and oxygen atoms in total. The van der Waals surface area contributed by atoms with E-state index in [1.54, 1.807) is 25.5 Å². The molecule has 0 saturated heterocycles. The molecule has 23 heavy (non-hydrogen) atoms. The summed E-state index contributed by atoms with van der Waals surface area (Å²) in [5.41, 5.74) is 2.27. The van der Waals surface area contributed by atoms with Gasteiger partial charge in [-0.2, -0.15) is 0 Å². The Morgan fingerprint density at radius 3 is 2.65 bits per heavy atom. The number of guanidine groups is 1. The smallest absolute Gasteiger partial charge is 0.194 e. The van der Waals surface area contributed by atoms with Crippen LogP contribution in [0.2, 0.25) is 0 Å². The second-order valence-corrected chi connectivity index (χ2v) is 6.13. The first-order valence-corrected chi connectivity index (χ1v) is 8.52. The van der Waals surface area contributed by atoms with Gasteiger partial charge in [0.05, 0.1) is 24.4 Å². The van der Waals surface area contributed by atoms with Gasteiger partial charge in [0.15, 0.2) is 5.96 Å². The van der Waals surface area contributed by atoms with Crippen molar-refractivity contribution in [3.63, 3.8) is 0 Å². The molecule has 0 atom stereocenters. The van der Waals surface area contributed by atoms with Crippen LogP contribution in [0.3, 0.4) is 0 Å². The van der Waals surface area contributed by atoms with Gasteiger partial charge in [0.25, 0.3) is 0 Å². The van der Waals surface area contributed by atoms with Crippen LogP contribution in [0.4, 0.5) is 0 Å². The molecule has 1 aromatic carbocycles. The average Bonchev–Trinajstić information content (AvgIpc) is 3.04. The number of rotatable bonds is 6. The van der Waals surface area contributed by atoms with Crippen molar-refractivity contribution in [3.8, 4) is 5.75 Å². The summed E-state index contributed by atoms with van der Waals surface area (Å²) in [6.07, 6.45) is 0.983. The summed E-state index contributed by atoms with van der Waals surface area (Å²) in [5, 5.41) is 6.63. The highest BCUT2D eigenvalue weighted by atomic mass is 32.1. The number of methoxy groups -OCH3 is 1. The van der Waals surface area contributed by atoms with Crippen LogP contribution in [0.15, 0.2) is 34.6 Å². The fraction of sp³-hybridized carbons (Fsp3) is 0.412. The van der Waals surface area contributed by atoms with Crippen LogP contribution < -0.4 is 10.1 Å². The molecule has 2 rings (SSSR count). The molecular formula is C17H24N4OS. The van der Waals surface area contributed by atoms with Crippen molar-refractivity contribution in [3.05, 3.63) is 45.9 Å². The summed E-state index contributed by atoms with van der Waals surface area (Å²) < 4.78 is 5.19. The number of aryl methyl sites for hydroxylation is 1. The van der Waals surface area contributed by atoms with Crippen molar-refractivity contribution in [2.45, 2.75) is 26.4 Å². The molecule has 6 heteroatoms. The fourth-order valence-corrected chi connectivity index (χ4v) is 2.97. The Morgan fingerprint density at radius 2 is 2.09 bits per heavy atom. The van der Waals surface area contributed by atoms with E-state index in [2.05, 4.69) is 44.6 Å². The lowest BCUT2D eigenvalue weighted by Gasteiger charge is -2.22. The Morgan fingerprint density at radius 1 is 1.35 bits per heavy atom. The van der Waals surface area contributed by atoms with E-state index in [1.165, 1.54) is 10.6 Å². The van der Waals surface area contributed by atoms with Crippen LogP contribution >= 0.6 is 11.3 Å². The average molecular weight is 332 g/mol. The van der Waals surface area contributed by atoms with Gasteiger partial charge in [0, 0.05) is 26.0 Å². The quantitative estimate of drug-likeness (QED) is 0.653. The monoisotopic (exact) mass is 332 g/mol. The lowest BCUT2D eigenvalue weighted by atomic mass is 10.2. The molecule has 0 spiro atoms. The molecule has 0 aliphatic carbocycles. The van der Waals surface area contributed by atoms with Crippen molar-refractivity contribution >= 4 is 17.3 Å². The fourth-order valence-electron chi connectivity index (χ4n) is 2.23. The second-order valence-electron chi connectivity index (χ2n) is 5.19. The molecule has 0 aliphatic rings. The molecule has 0 amide bonds. The molecule has 124 valence electrons. The second kappa shape index (κ2) is 8.53. The van der Waals surface area contributed by atoms with Crippen LogP contribution in [0.1, 0.15) is 23.2 Å². The zero-order valence-corrected chi connectivity index (χ0v) is 15.0. The number of ether oxygens (including phenoxy) is 1. The number of aliphatic imine (C=N–C) groups is 1. The van der Waals surface area contributed by atoms with Gasteiger partial charge in [-0.1, -0.05) is 19.1 Å². The molecule has 1 heterocycles. The molecule has 0 saturated carbocycles. The third kappa shape index (κ3) is 4.96. The molecule has 1 aromatic heterocycles. The van der Waals surface area contributed by atoms with E-state index in [9.17, 15) is 0 Å². The third-order valence-electron chi connectivity index (χ3n) is 3.48. The number of nitrogens with one attached hydrogen (secondary N) is 1. The van der Waals surface area contributed by atoms with Crippen molar-refractivity contribution in [1.82, 2.24) is 15.2 Å². The summed E-state index contributed by atoms with van der Waals surface area (Å²) in [4.78, 5) is 11.0. The Labute approximate surface area is 142 Å². The number of thiazole rings is 1. The molecular weight excluding hydrogens is 308 g/mol. The number of benzene rings is 1. The van der Waals surface area contributed by atoms with Crippen molar-refractivity contribution in [2.24, 2.45) is 4.99 Å². The summed E-state index contributed by atoms with van der Waals surface area (Å²) in [6.45, 7) is 3.59. The zero-order chi connectivity index (χ0) is 16.7. The molecule has 0 aliphatic heterocycles. The predicted octanol–water partition coefficient (Wildman–Crippen LogP) is 2.92. The molecule has 0 radical (unpaired) electrons. The van der Waals surface area contributed by atoms with Gasteiger partial charge in [-0.25, -0.2) is 4.98 Å². The largest absolute Gasteiger partial charge is 0.497 e. The Balaban J connectivity index is 1.91. The van der Waals surface area contributed by atoms with E-state index >= 15 is 0 Å². The first kappa shape index (κ1) is 17.3. The highest BCUT2D eigenvalue weighted by Crippen LogP contribution is 2.13. The van der Waals surface area contributed by atoms with Crippen molar-refractivity contribution in [1.29, 1.82) is 0 Å². The van der Waals surface area contributed by atoms with E-state index in [0.29, 0.717) is 6.54 Å². The molecule has 0 fully saturated rings. The summed E-state index contributed by atoms with van der Waals surface area (Å²) in [7, 11) is 5.50. The maximum absolute atomic E-state index is 5.19. The van der Waals surface area contributed by atoms with Crippen LogP contribution in [-0.4, -0.2) is 37.0 Å². The number of aromatic nitrogens is 1. The lowest BCUT2D eigenvalue weighted by molar-refractivity contribution is 0.414. The normalized spacial score (nSPS) is 11.4. The number of nitrogens with zero attached hydrogens (tertiary/aromatic N) is 3. The van der Waals surface area contributed by atoms with Crippen molar-refractivity contribution in [2.75, 3.05) is 21.2 Å². The highest BCUT2D eigenvalue weighted by molar-refractivity contribution is 7.09. The SMILES string of the molecule is CCc1nc(CNC(=NC)N(C)Cc2ccc(OC)cc2)cs1. The van der Waals surface area contributed by atoms with E-state index in [0.717, 1.165) is 30.4 Å². The Bertz CT molecular complexity index is 636. The summed E-state index contributed by atoms with van der Waals surface area (Å²) >= 11 is 1.71. The standard InChI is InChI=1S/C17H24N4OS/c1-5-16-20-14(12-23-16)10-19-17(18-2)21(3)11-13-6-8-15(22-4)9-7-13/h6-9,12H,5,10-11H2,1-4H3,(H,18,19). The Hall–Kier alpha value is -2.08. The third-order valence-corrected chi connectivity index (χ3v) is 4.52. The van der Waals surface area contributed by atoms with Gasteiger partial charge in [0.1, 0.15) is 5.75 Å². The van der Waals surface area contributed by atoms with Crippen LogP contribution in [-0.2, 0) is 19.5 Å². The molecule has 1 N–H and O–H groups in total. The van der Waals surface area contributed by atoms with Gasteiger partial charge in [0.2, 0.25) is 0 Å². The van der Waals surface area contributed by atoms with E-state index in [4.69, 9.17) is 4.74 Å². The minimum absolute atomic E-state index is 0.691. The van der Waals surface area contributed by atoms with E-state index in [1.807, 2.05) is 19.2 Å². The highest BCUT2D eigenvalue weighted by Gasteiger charge is 2.08. The van der Waals surface area contributed by atoms with Gasteiger partial charge >= 0.3 is 0 Å². The summed E-state index contributed by atoms with van der Waals surface area (Å²) in [6, 6.07) is 8.08. The number of hydrogen-bond acceptors (Lipinski definition) is 4. The van der Waals surface area contributed by atoms with Crippen LogP contribution in [0.5, 0.6) is 5.75 Å². The van der Waals surface area contributed by atoms with E-state index < -0.39 is 0 Å². The minimum atomic E-state index is 0.691. The maximum Gasteiger partial charge on any atom is 0.194 e. The van der Waals surface area contributed by atoms with E-state index in [-0.39, 0.29) is 0 Å². The first-order valence-electron chi connectivity index (χ1n) is 7.64. The molecule has 0 bridgehead atoms. The first-order chi connectivity index (χ1) is 11.2. The minimum Gasteiger partial charge on any atom is -0.497 e. The predicted molar refractivity (Wildman–Crippen MR) is 96.2 cm³/mol. The lowest BCUT2D eigenvalue weighted by Crippen LogP contribution is -2.38. The Kier molecular flexibility index (Phi) is 6.40. The van der Waals surface area contributed by atoms with Gasteiger partial charge in [-0.15, -0.1) is 11.3 Å². The van der Waals surface area contributed by atoms with Crippen molar-refractivity contribution < 1.29 is 4.74 Å². The molecule has 0 unspecified atom stereocenters.